The molecule has 10 heteroatoms. The van der Waals surface area contributed by atoms with E-state index in [0.29, 0.717) is 22.6 Å². The number of fused-ring (bicyclic) bond motifs is 3. The van der Waals surface area contributed by atoms with Gasteiger partial charge in [-0.2, -0.15) is 0 Å². The number of ether oxygens (including phenoxy) is 1. The molecule has 2 N–H and O–H groups in total. The fraction of sp³-hybridized carbons (Fsp3) is 0.310. The summed E-state index contributed by atoms with van der Waals surface area (Å²) in [4.78, 5) is 51.5. The maximum absolute atomic E-state index is 14.3. The van der Waals surface area contributed by atoms with E-state index in [1.165, 1.54) is 36.1 Å². The number of primary amides is 1. The first-order chi connectivity index (χ1) is 18.6. The van der Waals surface area contributed by atoms with Gasteiger partial charge in [0.15, 0.2) is 11.6 Å². The lowest BCUT2D eigenvalue weighted by atomic mass is 9.83. The first-order valence-corrected chi connectivity index (χ1v) is 12.7. The lowest BCUT2D eigenvalue weighted by molar-refractivity contribution is -0.122. The Hall–Kier alpha value is -3.69. The minimum Gasteiger partial charge on any atom is -0.385 e. The maximum atomic E-state index is 14.3. The topological polar surface area (TPSA) is 108 Å². The van der Waals surface area contributed by atoms with Crippen molar-refractivity contribution in [1.82, 2.24) is 4.57 Å². The van der Waals surface area contributed by atoms with Gasteiger partial charge < -0.3 is 15.0 Å². The van der Waals surface area contributed by atoms with E-state index < -0.39 is 41.7 Å². The van der Waals surface area contributed by atoms with E-state index in [0.717, 1.165) is 11.6 Å². The molecule has 2 aromatic carbocycles. The van der Waals surface area contributed by atoms with Gasteiger partial charge in [0.25, 0.3) is 11.5 Å². The van der Waals surface area contributed by atoms with Gasteiger partial charge in [-0.25, -0.2) is 4.39 Å². The molecule has 0 saturated heterocycles. The molecule has 1 aromatic heterocycles. The zero-order valence-electron chi connectivity index (χ0n) is 21.2. The van der Waals surface area contributed by atoms with Gasteiger partial charge in [-0.05, 0) is 65.3 Å². The molecule has 204 valence electrons. The van der Waals surface area contributed by atoms with Gasteiger partial charge in [-0.15, -0.1) is 0 Å². The average molecular weight is 557 g/mol. The number of Topliss-reactive ketones (excluding diaryl/α,β-unsaturated/α-hetero) is 2. The number of alkyl halides is 1. The first-order valence-electron chi connectivity index (χ1n) is 12.4. The van der Waals surface area contributed by atoms with Crippen LogP contribution in [0.25, 0.3) is 11.1 Å². The second kappa shape index (κ2) is 12.0. The standard InChI is InChI=1S/C29H27ClF2N2O5/c1-39-7-6-25(27(36)10-16-2-5-20(29(33)38)24(32)9-16)34-15-23-22(13-28(34)37)21-12-19(30)4-3-18(21)8-17(14-31)11-26(23)35/h2-5,9,12-13,15,17,25H,6-8,10-11,14H2,1H3,(H2,33,38). The third-order valence-electron chi connectivity index (χ3n) is 6.92. The van der Waals surface area contributed by atoms with Crippen molar-refractivity contribution in [2.24, 2.45) is 11.7 Å². The van der Waals surface area contributed by atoms with Crippen LogP contribution in [0.1, 0.15) is 50.7 Å². The van der Waals surface area contributed by atoms with Crippen LogP contribution in [0.3, 0.4) is 0 Å². The molecule has 4 rings (SSSR count). The number of nitrogens with zero attached hydrogens (tertiary/aromatic N) is 1. The normalized spacial score (nSPS) is 15.6. The van der Waals surface area contributed by atoms with E-state index in [9.17, 15) is 28.0 Å². The Balaban J connectivity index is 1.79. The Bertz CT molecular complexity index is 1500. The minimum absolute atomic E-state index is 0.0635. The summed E-state index contributed by atoms with van der Waals surface area (Å²) in [6, 6.07) is 9.02. The fourth-order valence-corrected chi connectivity index (χ4v) is 5.12. The predicted molar refractivity (Wildman–Crippen MR) is 142 cm³/mol. The third kappa shape index (κ3) is 6.15. The molecule has 2 atom stereocenters. The second-order valence-electron chi connectivity index (χ2n) is 9.62. The van der Waals surface area contributed by atoms with Crippen molar-refractivity contribution in [2.45, 2.75) is 31.7 Å². The highest BCUT2D eigenvalue weighted by molar-refractivity contribution is 6.31. The predicted octanol–water partition coefficient (Wildman–Crippen LogP) is 4.51. The number of pyridine rings is 1. The minimum atomic E-state index is -1.03. The van der Waals surface area contributed by atoms with Gasteiger partial charge in [-0.3, -0.25) is 23.6 Å². The van der Waals surface area contributed by atoms with E-state index in [1.54, 1.807) is 18.2 Å². The highest BCUT2D eigenvalue weighted by Crippen LogP contribution is 2.35. The van der Waals surface area contributed by atoms with Crippen LogP contribution in [0.5, 0.6) is 0 Å². The van der Waals surface area contributed by atoms with Crippen LogP contribution in [-0.4, -0.2) is 42.4 Å². The number of ketones is 2. The van der Waals surface area contributed by atoms with Crippen molar-refractivity contribution in [3.8, 4) is 11.1 Å². The van der Waals surface area contributed by atoms with Gasteiger partial charge in [0.05, 0.1) is 18.3 Å². The molecule has 1 amide bonds. The lowest BCUT2D eigenvalue weighted by Crippen LogP contribution is -2.32. The van der Waals surface area contributed by atoms with Crippen LogP contribution < -0.4 is 11.3 Å². The summed E-state index contributed by atoms with van der Waals surface area (Å²) in [5.41, 5.74) is 6.50. The zero-order chi connectivity index (χ0) is 28.3. The summed E-state index contributed by atoms with van der Waals surface area (Å²) in [6.45, 7) is -0.561. The van der Waals surface area contributed by atoms with Crippen LogP contribution in [0.2, 0.25) is 5.02 Å². The summed E-state index contributed by atoms with van der Waals surface area (Å²) in [6.07, 6.45) is 1.47. The number of carbonyl (C=O) groups excluding carboxylic acids is 3. The molecule has 39 heavy (non-hydrogen) atoms. The lowest BCUT2D eigenvalue weighted by Gasteiger charge is -2.24. The maximum Gasteiger partial charge on any atom is 0.251 e. The molecular weight excluding hydrogens is 530 g/mol. The average Bonchev–Trinajstić information content (AvgIpc) is 2.89. The quantitative estimate of drug-likeness (QED) is 0.417. The summed E-state index contributed by atoms with van der Waals surface area (Å²) >= 11 is 6.23. The van der Waals surface area contributed by atoms with Crippen LogP contribution in [-0.2, 0) is 22.4 Å². The number of amides is 1. The molecule has 1 heterocycles. The number of nitrogens with two attached hydrogens (primary N) is 1. The van der Waals surface area contributed by atoms with Crippen LogP contribution >= 0.6 is 11.6 Å². The number of rotatable bonds is 9. The SMILES string of the molecule is COCCC(C(=O)Cc1ccc(C(N)=O)c(F)c1)n1cc2c(cc1=O)-c1cc(Cl)ccc1CC(CF)CC2=O. The Morgan fingerprint density at radius 1 is 1.10 bits per heavy atom. The highest BCUT2D eigenvalue weighted by atomic mass is 35.5. The van der Waals surface area contributed by atoms with E-state index in [1.807, 2.05) is 0 Å². The molecule has 2 unspecified atom stereocenters. The van der Waals surface area contributed by atoms with Crippen LogP contribution in [0.4, 0.5) is 8.78 Å². The Morgan fingerprint density at radius 2 is 1.87 bits per heavy atom. The molecule has 0 aliphatic heterocycles. The van der Waals surface area contributed by atoms with Crippen molar-refractivity contribution >= 4 is 29.1 Å². The Labute approximate surface area is 228 Å². The Morgan fingerprint density at radius 3 is 2.54 bits per heavy atom. The van der Waals surface area contributed by atoms with Gasteiger partial charge in [0.2, 0.25) is 0 Å². The van der Waals surface area contributed by atoms with Gasteiger partial charge in [-0.1, -0.05) is 23.7 Å². The van der Waals surface area contributed by atoms with Gasteiger partial charge in [0, 0.05) is 49.4 Å². The summed E-state index contributed by atoms with van der Waals surface area (Å²) in [5.74, 6) is -3.11. The summed E-state index contributed by atoms with van der Waals surface area (Å²) in [5, 5.41) is 0.399. The monoisotopic (exact) mass is 556 g/mol. The van der Waals surface area contributed by atoms with Crippen molar-refractivity contribution in [3.05, 3.63) is 92.1 Å². The molecule has 1 aliphatic carbocycles. The molecule has 0 saturated carbocycles. The molecule has 1 aliphatic rings. The highest BCUT2D eigenvalue weighted by Gasteiger charge is 2.29. The van der Waals surface area contributed by atoms with E-state index >= 15 is 0 Å². The number of hydrogen-bond donors (Lipinski definition) is 1. The number of halogens is 3. The third-order valence-corrected chi connectivity index (χ3v) is 7.16. The number of benzene rings is 2. The number of methoxy groups -OCH3 is 1. The van der Waals surface area contributed by atoms with Crippen molar-refractivity contribution in [1.29, 1.82) is 0 Å². The van der Waals surface area contributed by atoms with E-state index in [-0.39, 0.29) is 48.3 Å². The van der Waals surface area contributed by atoms with E-state index in [2.05, 4.69) is 0 Å². The van der Waals surface area contributed by atoms with E-state index in [4.69, 9.17) is 22.1 Å². The molecular formula is C29H27ClF2N2O5. The summed E-state index contributed by atoms with van der Waals surface area (Å²) in [7, 11) is 1.45. The number of carbonyl (C=O) groups is 3. The molecule has 7 nitrogen and oxygen atoms in total. The first kappa shape index (κ1) is 28.3. The second-order valence-corrected chi connectivity index (χ2v) is 10.1. The van der Waals surface area contributed by atoms with Crippen molar-refractivity contribution < 1.29 is 27.9 Å². The van der Waals surface area contributed by atoms with Crippen LogP contribution in [0, 0.1) is 11.7 Å². The fourth-order valence-electron chi connectivity index (χ4n) is 4.95. The van der Waals surface area contributed by atoms with Gasteiger partial charge >= 0.3 is 0 Å². The molecule has 0 bridgehead atoms. The summed E-state index contributed by atoms with van der Waals surface area (Å²) < 4.78 is 34.4. The Kier molecular flexibility index (Phi) is 8.72. The molecule has 0 fully saturated rings. The van der Waals surface area contributed by atoms with Crippen molar-refractivity contribution in [3.63, 3.8) is 0 Å². The zero-order valence-corrected chi connectivity index (χ0v) is 22.0. The largest absolute Gasteiger partial charge is 0.385 e. The molecule has 0 spiro atoms. The molecule has 0 radical (unpaired) electrons. The number of hydrogen-bond acceptors (Lipinski definition) is 5. The van der Waals surface area contributed by atoms with Gasteiger partial charge in [0.1, 0.15) is 5.82 Å². The number of aromatic nitrogens is 1. The van der Waals surface area contributed by atoms with Crippen LogP contribution in [0.15, 0.2) is 53.5 Å². The molecule has 3 aromatic rings. The van der Waals surface area contributed by atoms with Crippen molar-refractivity contribution in [2.75, 3.05) is 20.4 Å². The smallest absolute Gasteiger partial charge is 0.251 e.